The van der Waals surface area contributed by atoms with E-state index in [0.29, 0.717) is 0 Å². The van der Waals surface area contributed by atoms with Gasteiger partial charge in [0, 0.05) is 20.1 Å². The lowest BCUT2D eigenvalue weighted by atomic mass is 10.2. The van der Waals surface area contributed by atoms with Gasteiger partial charge in [-0.3, -0.25) is 4.79 Å². The van der Waals surface area contributed by atoms with Gasteiger partial charge in [-0.25, -0.2) is 4.72 Å². The Kier molecular flexibility index (Phi) is 4.03. The maximum absolute atomic E-state index is 11.4. The number of rotatable bonds is 4. The number of morpholine rings is 1. The van der Waals surface area contributed by atoms with E-state index in [0.717, 1.165) is 0 Å². The molecule has 1 rings (SSSR count). The Bertz CT molecular complexity index is 328. The lowest BCUT2D eigenvalue weighted by Gasteiger charge is -2.30. The van der Waals surface area contributed by atoms with Crippen LogP contribution in [0, 0.1) is 0 Å². The number of ether oxygens (including phenoxy) is 1. The highest BCUT2D eigenvalue weighted by molar-refractivity contribution is 7.87. The van der Waals surface area contributed by atoms with Crippen molar-refractivity contribution < 1.29 is 23.1 Å². The van der Waals surface area contributed by atoms with Crippen LogP contribution in [0.15, 0.2) is 0 Å². The summed E-state index contributed by atoms with van der Waals surface area (Å²) in [4.78, 5) is 10.4. The number of hydrogen-bond acceptors (Lipinski definition) is 4. The van der Waals surface area contributed by atoms with Crippen LogP contribution in [0.4, 0.5) is 0 Å². The molecule has 0 aromatic heterocycles. The topological polar surface area (TPSA) is 95.9 Å². The van der Waals surface area contributed by atoms with Crippen molar-refractivity contribution in [2.75, 3.05) is 26.7 Å². The van der Waals surface area contributed by atoms with Gasteiger partial charge >= 0.3 is 5.97 Å². The van der Waals surface area contributed by atoms with Gasteiger partial charge in [-0.05, 0) is 0 Å². The van der Waals surface area contributed by atoms with Gasteiger partial charge in [0.25, 0.3) is 10.2 Å². The molecule has 1 heterocycles. The molecule has 7 nitrogen and oxygen atoms in total. The summed E-state index contributed by atoms with van der Waals surface area (Å²) in [7, 11) is -2.16. The summed E-state index contributed by atoms with van der Waals surface area (Å²) in [5.74, 6) is -0.997. The first-order chi connectivity index (χ1) is 6.95. The number of carboxylic acid groups (broad SMARTS) is 1. The van der Waals surface area contributed by atoms with E-state index in [1.807, 2.05) is 0 Å². The molecule has 2 N–H and O–H groups in total. The first kappa shape index (κ1) is 12.4. The van der Waals surface area contributed by atoms with Crippen LogP contribution in [0.2, 0.25) is 0 Å². The van der Waals surface area contributed by atoms with Crippen LogP contribution in [-0.2, 0) is 19.7 Å². The zero-order chi connectivity index (χ0) is 11.5. The predicted molar refractivity (Wildman–Crippen MR) is 51.5 cm³/mol. The standard InChI is InChI=1S/C7H14N2O5S/c1-8-15(12,13)9-2-3-14-6(5-9)4-7(10)11/h6,8H,2-5H2,1H3,(H,10,11). The Morgan fingerprint density at radius 3 is 2.87 bits per heavy atom. The summed E-state index contributed by atoms with van der Waals surface area (Å²) in [6.07, 6.45) is -0.755. The molecule has 0 aliphatic carbocycles. The van der Waals surface area contributed by atoms with E-state index < -0.39 is 22.3 Å². The first-order valence-electron chi connectivity index (χ1n) is 4.47. The third-order valence-electron chi connectivity index (χ3n) is 2.10. The van der Waals surface area contributed by atoms with Crippen LogP contribution < -0.4 is 4.72 Å². The van der Waals surface area contributed by atoms with Crippen molar-refractivity contribution in [2.24, 2.45) is 0 Å². The summed E-state index contributed by atoms with van der Waals surface area (Å²) in [6.45, 7) is 0.549. The molecular formula is C7H14N2O5S. The highest BCUT2D eigenvalue weighted by Crippen LogP contribution is 2.11. The average molecular weight is 238 g/mol. The second-order valence-electron chi connectivity index (χ2n) is 3.16. The zero-order valence-corrected chi connectivity index (χ0v) is 9.16. The van der Waals surface area contributed by atoms with Gasteiger partial charge in [0.2, 0.25) is 0 Å². The van der Waals surface area contributed by atoms with Crippen molar-refractivity contribution in [3.05, 3.63) is 0 Å². The van der Waals surface area contributed by atoms with Gasteiger partial charge < -0.3 is 9.84 Å². The number of carboxylic acids is 1. The minimum absolute atomic E-state index is 0.0788. The molecule has 88 valence electrons. The third-order valence-corrected chi connectivity index (χ3v) is 3.63. The molecule has 1 atom stereocenters. The SMILES string of the molecule is CNS(=O)(=O)N1CCOC(CC(=O)O)C1. The minimum atomic E-state index is -3.48. The van der Waals surface area contributed by atoms with E-state index >= 15 is 0 Å². The summed E-state index contributed by atoms with van der Waals surface area (Å²) in [5, 5.41) is 8.55. The fraction of sp³-hybridized carbons (Fsp3) is 0.857. The normalized spacial score (nSPS) is 23.9. The quantitative estimate of drug-likeness (QED) is 0.629. The lowest BCUT2D eigenvalue weighted by molar-refractivity contribution is -0.141. The molecule has 8 heteroatoms. The monoisotopic (exact) mass is 238 g/mol. The smallest absolute Gasteiger partial charge is 0.306 e. The summed E-state index contributed by atoms with van der Waals surface area (Å²) < 4.78 is 31.3. The number of hydrogen-bond donors (Lipinski definition) is 2. The molecule has 0 aromatic carbocycles. The fourth-order valence-electron chi connectivity index (χ4n) is 1.36. The molecule has 0 amide bonds. The van der Waals surface area contributed by atoms with Gasteiger partial charge in [-0.2, -0.15) is 12.7 Å². The summed E-state index contributed by atoms with van der Waals surface area (Å²) in [5.41, 5.74) is 0. The van der Waals surface area contributed by atoms with Gasteiger partial charge in [0.05, 0.1) is 19.1 Å². The summed E-state index contributed by atoms with van der Waals surface area (Å²) >= 11 is 0. The number of aliphatic carboxylic acids is 1. The van der Waals surface area contributed by atoms with Crippen LogP contribution in [0.25, 0.3) is 0 Å². The molecule has 15 heavy (non-hydrogen) atoms. The maximum Gasteiger partial charge on any atom is 0.306 e. The van der Waals surface area contributed by atoms with E-state index in [-0.39, 0.29) is 26.1 Å². The van der Waals surface area contributed by atoms with E-state index in [1.165, 1.54) is 11.4 Å². The van der Waals surface area contributed by atoms with Crippen molar-refractivity contribution in [3.8, 4) is 0 Å². The van der Waals surface area contributed by atoms with E-state index in [2.05, 4.69) is 4.72 Å². The molecule has 0 radical (unpaired) electrons. The number of nitrogens with one attached hydrogen (secondary N) is 1. The highest BCUT2D eigenvalue weighted by Gasteiger charge is 2.29. The molecular weight excluding hydrogens is 224 g/mol. The molecule has 0 aromatic rings. The molecule has 0 spiro atoms. The van der Waals surface area contributed by atoms with Crippen LogP contribution >= 0.6 is 0 Å². The van der Waals surface area contributed by atoms with Crippen molar-refractivity contribution in [3.63, 3.8) is 0 Å². The molecule has 0 bridgehead atoms. The molecule has 0 saturated carbocycles. The van der Waals surface area contributed by atoms with Crippen molar-refractivity contribution >= 4 is 16.2 Å². The molecule has 1 saturated heterocycles. The van der Waals surface area contributed by atoms with Gasteiger partial charge in [0.1, 0.15) is 0 Å². The zero-order valence-electron chi connectivity index (χ0n) is 8.34. The van der Waals surface area contributed by atoms with Crippen LogP contribution in [-0.4, -0.2) is 56.6 Å². The van der Waals surface area contributed by atoms with Crippen LogP contribution in [0.5, 0.6) is 0 Å². The van der Waals surface area contributed by atoms with Crippen molar-refractivity contribution in [1.29, 1.82) is 0 Å². The Balaban J connectivity index is 2.60. The van der Waals surface area contributed by atoms with Crippen molar-refractivity contribution in [2.45, 2.75) is 12.5 Å². The highest BCUT2D eigenvalue weighted by atomic mass is 32.2. The maximum atomic E-state index is 11.4. The van der Waals surface area contributed by atoms with Crippen LogP contribution in [0.1, 0.15) is 6.42 Å². The van der Waals surface area contributed by atoms with E-state index in [9.17, 15) is 13.2 Å². The second kappa shape index (κ2) is 4.88. The average Bonchev–Trinajstić information content (AvgIpc) is 2.17. The Morgan fingerprint density at radius 1 is 1.67 bits per heavy atom. The number of nitrogens with zero attached hydrogens (tertiary/aromatic N) is 1. The molecule has 1 aliphatic rings. The summed E-state index contributed by atoms with van der Waals surface area (Å²) in [6, 6.07) is 0. The second-order valence-corrected chi connectivity index (χ2v) is 5.03. The van der Waals surface area contributed by atoms with Crippen molar-refractivity contribution in [1.82, 2.24) is 9.03 Å². The number of carbonyl (C=O) groups is 1. The van der Waals surface area contributed by atoms with E-state index in [1.54, 1.807) is 0 Å². The molecule has 1 unspecified atom stereocenters. The Labute approximate surface area is 88.2 Å². The Morgan fingerprint density at radius 2 is 2.33 bits per heavy atom. The van der Waals surface area contributed by atoms with E-state index in [4.69, 9.17) is 9.84 Å². The van der Waals surface area contributed by atoms with Gasteiger partial charge in [-0.1, -0.05) is 0 Å². The van der Waals surface area contributed by atoms with Gasteiger partial charge in [-0.15, -0.1) is 0 Å². The predicted octanol–water partition coefficient (Wildman–Crippen LogP) is -1.37. The minimum Gasteiger partial charge on any atom is -0.481 e. The third kappa shape index (κ3) is 3.42. The molecule has 1 aliphatic heterocycles. The first-order valence-corrected chi connectivity index (χ1v) is 5.91. The Hall–Kier alpha value is -0.700. The fourth-order valence-corrected chi connectivity index (χ4v) is 2.29. The largest absolute Gasteiger partial charge is 0.481 e. The molecule has 1 fully saturated rings. The lowest BCUT2D eigenvalue weighted by Crippen LogP contribution is -2.49. The van der Waals surface area contributed by atoms with Gasteiger partial charge in [0.15, 0.2) is 0 Å². The van der Waals surface area contributed by atoms with Crippen LogP contribution in [0.3, 0.4) is 0 Å².